The van der Waals surface area contributed by atoms with Crippen molar-refractivity contribution in [3.05, 3.63) is 43.4 Å². The van der Waals surface area contributed by atoms with E-state index in [0.717, 1.165) is 6.08 Å². The minimum absolute atomic E-state index is 0.110. The molecule has 1 aliphatic heterocycles. The number of carbonyl (C=O) groups is 1. The predicted molar refractivity (Wildman–Crippen MR) is 88.0 cm³/mol. The van der Waals surface area contributed by atoms with Crippen molar-refractivity contribution in [3.8, 4) is 5.75 Å². The van der Waals surface area contributed by atoms with Crippen LogP contribution in [0.1, 0.15) is 18.4 Å². The summed E-state index contributed by atoms with van der Waals surface area (Å²) in [5.41, 5.74) is -0.644. The molecule has 0 spiro atoms. The van der Waals surface area contributed by atoms with E-state index in [2.05, 4.69) is 4.84 Å². The number of esters is 1. The summed E-state index contributed by atoms with van der Waals surface area (Å²) in [6, 6.07) is 2.52. The average molecular weight is 430 g/mol. The molecule has 1 aromatic carbocycles. The monoisotopic (exact) mass is 429 g/mol. The Morgan fingerprint density at radius 2 is 1.93 bits per heavy atom. The maximum Gasteiger partial charge on any atom is 0.430 e. The Balaban J connectivity index is 2.11. The van der Waals surface area contributed by atoms with Gasteiger partial charge < -0.3 is 14.3 Å². The van der Waals surface area contributed by atoms with Crippen LogP contribution in [0, 0.1) is 10.1 Å². The van der Waals surface area contributed by atoms with E-state index < -0.39 is 28.9 Å². The summed E-state index contributed by atoms with van der Waals surface area (Å²) in [7, 11) is 0. The molecule has 12 heteroatoms. The largest absolute Gasteiger partial charge is 0.474 e. The number of unbranched alkanes of at least 4 members (excludes halogenated alkanes) is 1. The molecule has 0 saturated heterocycles. The summed E-state index contributed by atoms with van der Waals surface area (Å²) in [5.74, 6) is -1.47. The Labute approximate surface area is 160 Å². The number of alkyl halides is 3. The van der Waals surface area contributed by atoms with Crippen molar-refractivity contribution in [2.24, 2.45) is 0 Å². The molecule has 27 heavy (non-hydrogen) atoms. The first-order valence-electron chi connectivity index (χ1n) is 7.48. The second-order valence-electron chi connectivity index (χ2n) is 5.35. The maximum absolute atomic E-state index is 13.3. The third-order valence-electron chi connectivity index (χ3n) is 3.37. The lowest BCUT2D eigenvalue weighted by molar-refractivity contribution is -0.757. The van der Waals surface area contributed by atoms with E-state index >= 15 is 0 Å². The Kier molecular flexibility index (Phi) is 6.77. The molecule has 0 aromatic heterocycles. The molecule has 0 N–H and O–H groups in total. The van der Waals surface area contributed by atoms with Crippen molar-refractivity contribution in [1.29, 1.82) is 0 Å². The SMILES string of the molecule is O=C(OCCCCO[N+](=O)[O-])C1=Cc2cc(Cl)cc(Cl)c2O[C@@H]1C(F)(F)F. The van der Waals surface area contributed by atoms with Crippen LogP contribution in [0.3, 0.4) is 0 Å². The van der Waals surface area contributed by atoms with Crippen molar-refractivity contribution in [1.82, 2.24) is 0 Å². The molecule has 0 amide bonds. The van der Waals surface area contributed by atoms with E-state index in [4.69, 9.17) is 32.7 Å². The first-order valence-corrected chi connectivity index (χ1v) is 8.23. The number of halogens is 5. The van der Waals surface area contributed by atoms with Gasteiger partial charge in [-0.3, -0.25) is 0 Å². The highest BCUT2D eigenvalue weighted by Gasteiger charge is 2.49. The molecule has 7 nitrogen and oxygen atoms in total. The van der Waals surface area contributed by atoms with Crippen LogP contribution in [0.25, 0.3) is 6.08 Å². The highest BCUT2D eigenvalue weighted by atomic mass is 35.5. The number of carbonyl (C=O) groups excluding carboxylic acids is 1. The van der Waals surface area contributed by atoms with Crippen LogP contribution in [0.2, 0.25) is 10.0 Å². The molecule has 148 valence electrons. The first kappa shape index (κ1) is 21.1. The molecule has 0 aliphatic carbocycles. The fourth-order valence-electron chi connectivity index (χ4n) is 2.24. The zero-order chi connectivity index (χ0) is 20.2. The van der Waals surface area contributed by atoms with Gasteiger partial charge in [0.15, 0.2) is 0 Å². The van der Waals surface area contributed by atoms with Crippen molar-refractivity contribution in [2.75, 3.05) is 13.2 Å². The van der Waals surface area contributed by atoms with Gasteiger partial charge in [-0.25, -0.2) is 4.79 Å². The quantitative estimate of drug-likeness (QED) is 0.279. The number of hydrogen-bond donors (Lipinski definition) is 0. The molecule has 0 unspecified atom stereocenters. The van der Waals surface area contributed by atoms with Gasteiger partial charge in [0.1, 0.15) is 5.75 Å². The minimum atomic E-state index is -4.88. The van der Waals surface area contributed by atoms with Crippen LogP contribution in [0.5, 0.6) is 5.75 Å². The van der Waals surface area contributed by atoms with Crippen molar-refractivity contribution >= 4 is 35.2 Å². The second kappa shape index (κ2) is 8.66. The van der Waals surface area contributed by atoms with E-state index in [0.29, 0.717) is 0 Å². The fourth-order valence-corrected chi connectivity index (χ4v) is 2.79. The lowest BCUT2D eigenvalue weighted by Crippen LogP contribution is -2.41. The van der Waals surface area contributed by atoms with Crippen LogP contribution in [0.15, 0.2) is 17.7 Å². The highest BCUT2D eigenvalue weighted by molar-refractivity contribution is 6.36. The molecule has 0 bridgehead atoms. The van der Waals surface area contributed by atoms with Crippen molar-refractivity contribution in [2.45, 2.75) is 25.1 Å². The topological polar surface area (TPSA) is 87.9 Å². The van der Waals surface area contributed by atoms with Gasteiger partial charge in [-0.15, -0.1) is 10.1 Å². The van der Waals surface area contributed by atoms with E-state index in [1.54, 1.807) is 0 Å². The van der Waals surface area contributed by atoms with Crippen LogP contribution >= 0.6 is 23.2 Å². The second-order valence-corrected chi connectivity index (χ2v) is 6.19. The van der Waals surface area contributed by atoms with Gasteiger partial charge in [0.25, 0.3) is 5.09 Å². The van der Waals surface area contributed by atoms with E-state index in [1.807, 2.05) is 0 Å². The number of nitrogens with zero attached hydrogens (tertiary/aromatic N) is 1. The molecule has 1 aromatic rings. The van der Waals surface area contributed by atoms with Crippen LogP contribution in [-0.4, -0.2) is 36.5 Å². The minimum Gasteiger partial charge on any atom is -0.474 e. The highest BCUT2D eigenvalue weighted by Crippen LogP contribution is 2.42. The normalized spacial score (nSPS) is 16.0. The van der Waals surface area contributed by atoms with Gasteiger partial charge in [0, 0.05) is 10.6 Å². The Morgan fingerprint density at radius 1 is 1.26 bits per heavy atom. The van der Waals surface area contributed by atoms with Gasteiger partial charge >= 0.3 is 12.1 Å². The van der Waals surface area contributed by atoms with Crippen LogP contribution < -0.4 is 4.74 Å². The van der Waals surface area contributed by atoms with E-state index in [1.165, 1.54) is 12.1 Å². The van der Waals surface area contributed by atoms with E-state index in [-0.39, 0.29) is 47.4 Å². The molecule has 1 heterocycles. The van der Waals surface area contributed by atoms with Crippen LogP contribution in [0.4, 0.5) is 13.2 Å². The van der Waals surface area contributed by atoms with Gasteiger partial charge in [0.2, 0.25) is 6.10 Å². The number of fused-ring (bicyclic) bond motifs is 1. The lowest BCUT2D eigenvalue weighted by Gasteiger charge is -2.28. The third-order valence-corrected chi connectivity index (χ3v) is 3.87. The third kappa shape index (κ3) is 5.64. The number of ether oxygens (including phenoxy) is 2. The molecule has 0 saturated carbocycles. The summed E-state index contributed by atoms with van der Waals surface area (Å²) in [6.07, 6.45) is -6.12. The smallest absolute Gasteiger partial charge is 0.430 e. The molecular formula is C15H12Cl2F3NO6. The Hall–Kier alpha value is -2.20. The fraction of sp³-hybridized carbons (Fsp3) is 0.400. The van der Waals surface area contributed by atoms with E-state index in [9.17, 15) is 28.1 Å². The molecule has 0 fully saturated rings. The predicted octanol–water partition coefficient (Wildman–Crippen LogP) is 4.23. The number of rotatable bonds is 7. The summed E-state index contributed by atoms with van der Waals surface area (Å²) in [5, 5.41) is 9.03. The Morgan fingerprint density at radius 3 is 2.56 bits per heavy atom. The molecule has 0 radical (unpaired) electrons. The van der Waals surface area contributed by atoms with Gasteiger partial charge in [-0.1, -0.05) is 23.2 Å². The Bertz CT molecular complexity index is 769. The molecular weight excluding hydrogens is 418 g/mol. The summed E-state index contributed by atoms with van der Waals surface area (Å²) < 4.78 is 49.6. The van der Waals surface area contributed by atoms with Crippen molar-refractivity contribution < 1.29 is 37.4 Å². The summed E-state index contributed by atoms with van der Waals surface area (Å²) >= 11 is 11.7. The summed E-state index contributed by atoms with van der Waals surface area (Å²) in [6.45, 7) is -0.461. The zero-order valence-corrected chi connectivity index (χ0v) is 14.9. The number of hydrogen-bond acceptors (Lipinski definition) is 6. The summed E-state index contributed by atoms with van der Waals surface area (Å²) in [4.78, 5) is 26.1. The molecule has 1 aliphatic rings. The standard InChI is InChI=1S/C15H12Cl2F3NO6/c16-9-5-8-6-10(14(22)25-3-1-2-4-26-21(23)24)13(15(18,19)20)27-12(8)11(17)7-9/h5-7,13H,1-4H2/t13-/m0/s1. The average Bonchev–Trinajstić information content (AvgIpc) is 2.55. The van der Waals surface area contributed by atoms with Crippen molar-refractivity contribution in [3.63, 3.8) is 0 Å². The van der Waals surface area contributed by atoms with Crippen LogP contribution in [-0.2, 0) is 14.4 Å². The maximum atomic E-state index is 13.3. The molecule has 1 atom stereocenters. The van der Waals surface area contributed by atoms with Gasteiger partial charge in [0.05, 0.1) is 23.8 Å². The molecule has 2 rings (SSSR count). The van der Waals surface area contributed by atoms with Gasteiger partial charge in [-0.2, -0.15) is 13.2 Å². The van der Waals surface area contributed by atoms with Gasteiger partial charge in [-0.05, 0) is 31.1 Å². The zero-order valence-electron chi connectivity index (χ0n) is 13.4. The lowest BCUT2D eigenvalue weighted by atomic mass is 10.0. The number of benzene rings is 1. The first-order chi connectivity index (χ1) is 12.6.